The number of hydrogen-bond donors (Lipinski definition) is 1. The topological polar surface area (TPSA) is 72.6 Å². The molecule has 0 aromatic rings. The van der Waals surface area contributed by atoms with E-state index in [1.165, 1.54) is 37.0 Å². The van der Waals surface area contributed by atoms with E-state index in [9.17, 15) is 9.59 Å². The average molecular weight is 357 g/mol. The van der Waals surface area contributed by atoms with E-state index >= 15 is 0 Å². The van der Waals surface area contributed by atoms with Crippen molar-refractivity contribution in [3.8, 4) is 0 Å². The SMILES string of the molecule is C[C@@H](CC1CCCCC1)CN(CC(N)=O)C(=O)OCC[Si](C)(C)C. The summed E-state index contributed by atoms with van der Waals surface area (Å²) in [6.45, 7) is 9.81. The van der Waals surface area contributed by atoms with Gasteiger partial charge in [0.2, 0.25) is 5.91 Å². The molecule has 140 valence electrons. The van der Waals surface area contributed by atoms with E-state index in [0.29, 0.717) is 19.1 Å². The van der Waals surface area contributed by atoms with E-state index in [-0.39, 0.29) is 6.54 Å². The zero-order chi connectivity index (χ0) is 18.2. The first-order valence-corrected chi connectivity index (χ1v) is 13.1. The lowest BCUT2D eigenvalue weighted by atomic mass is 9.83. The molecule has 6 heteroatoms. The highest BCUT2D eigenvalue weighted by molar-refractivity contribution is 6.76. The standard InChI is InChI=1S/C18H36N2O3Si/c1-15(12-16-8-6-5-7-9-16)13-20(14-17(19)21)18(22)23-10-11-24(2,3)4/h15-16H,5-14H2,1-4H3,(H2,19,21)/t15-/m0/s1. The summed E-state index contributed by atoms with van der Waals surface area (Å²) in [5, 5.41) is 0. The Hall–Kier alpha value is -1.04. The van der Waals surface area contributed by atoms with Gasteiger partial charge in [0.15, 0.2) is 0 Å². The molecule has 0 spiro atoms. The van der Waals surface area contributed by atoms with Crippen molar-refractivity contribution in [2.24, 2.45) is 17.6 Å². The highest BCUT2D eigenvalue weighted by Gasteiger charge is 2.23. The third-order valence-electron chi connectivity index (χ3n) is 4.68. The van der Waals surface area contributed by atoms with Gasteiger partial charge in [-0.2, -0.15) is 0 Å². The molecule has 0 aromatic heterocycles. The Balaban J connectivity index is 2.47. The maximum Gasteiger partial charge on any atom is 0.410 e. The molecule has 0 saturated heterocycles. The second-order valence-electron chi connectivity index (χ2n) is 8.62. The lowest BCUT2D eigenvalue weighted by molar-refractivity contribution is -0.119. The minimum atomic E-state index is -1.24. The molecule has 1 fully saturated rings. The monoisotopic (exact) mass is 356 g/mol. The second-order valence-corrected chi connectivity index (χ2v) is 14.2. The Kier molecular flexibility index (Phi) is 8.80. The van der Waals surface area contributed by atoms with Gasteiger partial charge in [0.1, 0.15) is 6.54 Å². The summed E-state index contributed by atoms with van der Waals surface area (Å²) in [6, 6.07) is 0.931. The van der Waals surface area contributed by atoms with Crippen molar-refractivity contribution in [3.05, 3.63) is 0 Å². The Bertz CT molecular complexity index is 404. The van der Waals surface area contributed by atoms with Crippen LogP contribution in [0.1, 0.15) is 45.4 Å². The maximum absolute atomic E-state index is 12.3. The zero-order valence-electron chi connectivity index (χ0n) is 16.0. The van der Waals surface area contributed by atoms with Crippen LogP contribution in [0.4, 0.5) is 4.79 Å². The summed E-state index contributed by atoms with van der Waals surface area (Å²) < 4.78 is 5.39. The quantitative estimate of drug-likeness (QED) is 0.638. The first kappa shape index (κ1) is 21.0. The molecule has 5 nitrogen and oxygen atoms in total. The van der Waals surface area contributed by atoms with Crippen LogP contribution in [-0.2, 0) is 9.53 Å². The molecule has 1 aliphatic rings. The van der Waals surface area contributed by atoms with Crippen molar-refractivity contribution in [2.45, 2.75) is 71.1 Å². The molecule has 0 heterocycles. The second kappa shape index (κ2) is 10.1. The van der Waals surface area contributed by atoms with Crippen molar-refractivity contribution in [2.75, 3.05) is 19.7 Å². The zero-order valence-corrected chi connectivity index (χ0v) is 17.0. The van der Waals surface area contributed by atoms with Crippen LogP contribution in [0.3, 0.4) is 0 Å². The van der Waals surface area contributed by atoms with Gasteiger partial charge in [-0.25, -0.2) is 4.79 Å². The van der Waals surface area contributed by atoms with Gasteiger partial charge in [-0.1, -0.05) is 58.7 Å². The van der Waals surface area contributed by atoms with E-state index in [1.807, 2.05) is 0 Å². The maximum atomic E-state index is 12.3. The van der Waals surface area contributed by atoms with Crippen LogP contribution >= 0.6 is 0 Å². The van der Waals surface area contributed by atoms with Gasteiger partial charge in [-0.15, -0.1) is 0 Å². The van der Waals surface area contributed by atoms with Gasteiger partial charge in [-0.05, 0) is 24.3 Å². The van der Waals surface area contributed by atoms with E-state index in [1.54, 1.807) is 0 Å². The van der Waals surface area contributed by atoms with Gasteiger partial charge in [0.05, 0.1) is 6.61 Å². The molecule has 2 N–H and O–H groups in total. The van der Waals surface area contributed by atoms with E-state index < -0.39 is 20.1 Å². The fourth-order valence-electron chi connectivity index (χ4n) is 3.37. The van der Waals surface area contributed by atoms with Gasteiger partial charge in [0.25, 0.3) is 0 Å². The normalized spacial score (nSPS) is 17.3. The highest BCUT2D eigenvalue weighted by Crippen LogP contribution is 2.29. The molecule has 0 bridgehead atoms. The van der Waals surface area contributed by atoms with E-state index in [4.69, 9.17) is 10.5 Å². The van der Waals surface area contributed by atoms with Crippen LogP contribution < -0.4 is 5.73 Å². The molecule has 1 rings (SSSR count). The molecule has 0 radical (unpaired) electrons. The molecule has 0 unspecified atom stereocenters. The lowest BCUT2D eigenvalue weighted by Gasteiger charge is -2.28. The average Bonchev–Trinajstić information content (AvgIpc) is 2.45. The number of carbonyl (C=O) groups is 2. The Morgan fingerprint density at radius 3 is 2.38 bits per heavy atom. The summed E-state index contributed by atoms with van der Waals surface area (Å²) >= 11 is 0. The van der Waals surface area contributed by atoms with E-state index in [2.05, 4.69) is 26.6 Å². The number of nitrogens with zero attached hydrogens (tertiary/aromatic N) is 1. The van der Waals surface area contributed by atoms with Crippen LogP contribution in [0, 0.1) is 11.8 Å². The van der Waals surface area contributed by atoms with Crippen LogP contribution in [0.2, 0.25) is 25.7 Å². The molecule has 0 aliphatic heterocycles. The minimum Gasteiger partial charge on any atom is -0.450 e. The van der Waals surface area contributed by atoms with Gasteiger partial charge >= 0.3 is 6.09 Å². The molecular weight excluding hydrogens is 320 g/mol. The minimum absolute atomic E-state index is 0.0548. The summed E-state index contributed by atoms with van der Waals surface area (Å²) in [6.07, 6.45) is 7.28. The third kappa shape index (κ3) is 9.30. The number of rotatable bonds is 9. The molecule has 24 heavy (non-hydrogen) atoms. The Labute approximate surface area is 148 Å². The summed E-state index contributed by atoms with van der Waals surface area (Å²) in [5.41, 5.74) is 5.31. The molecule has 1 atom stereocenters. The number of carbonyl (C=O) groups excluding carboxylic acids is 2. The number of hydrogen-bond acceptors (Lipinski definition) is 3. The van der Waals surface area contributed by atoms with Crippen LogP contribution in [0.5, 0.6) is 0 Å². The van der Waals surface area contributed by atoms with Gasteiger partial charge in [0, 0.05) is 14.6 Å². The van der Waals surface area contributed by atoms with Crippen LogP contribution in [-0.4, -0.2) is 44.7 Å². The molecular formula is C18H36N2O3Si. The molecule has 0 aromatic carbocycles. The molecule has 1 saturated carbocycles. The summed E-state index contributed by atoms with van der Waals surface area (Å²) in [5.74, 6) is 0.631. The summed E-state index contributed by atoms with van der Waals surface area (Å²) in [4.78, 5) is 25.1. The van der Waals surface area contributed by atoms with Crippen molar-refractivity contribution in [1.29, 1.82) is 0 Å². The fraction of sp³-hybridized carbons (Fsp3) is 0.889. The first-order chi connectivity index (χ1) is 11.2. The number of ether oxygens (including phenoxy) is 1. The van der Waals surface area contributed by atoms with Crippen molar-refractivity contribution in [3.63, 3.8) is 0 Å². The highest BCUT2D eigenvalue weighted by atomic mass is 28.3. The molecule has 1 aliphatic carbocycles. The third-order valence-corrected chi connectivity index (χ3v) is 6.38. The van der Waals surface area contributed by atoms with Crippen molar-refractivity contribution < 1.29 is 14.3 Å². The largest absolute Gasteiger partial charge is 0.450 e. The Morgan fingerprint density at radius 2 is 1.83 bits per heavy atom. The predicted molar refractivity (Wildman–Crippen MR) is 101 cm³/mol. The molecule has 2 amide bonds. The number of primary amides is 1. The van der Waals surface area contributed by atoms with Crippen LogP contribution in [0.15, 0.2) is 0 Å². The number of amides is 2. The van der Waals surface area contributed by atoms with Crippen molar-refractivity contribution in [1.82, 2.24) is 4.90 Å². The van der Waals surface area contributed by atoms with Crippen LogP contribution in [0.25, 0.3) is 0 Å². The van der Waals surface area contributed by atoms with E-state index in [0.717, 1.165) is 18.4 Å². The first-order valence-electron chi connectivity index (χ1n) is 9.37. The van der Waals surface area contributed by atoms with Gasteiger partial charge in [-0.3, -0.25) is 9.69 Å². The predicted octanol–water partition coefficient (Wildman–Crippen LogP) is 3.86. The lowest BCUT2D eigenvalue weighted by Crippen LogP contribution is -2.42. The smallest absolute Gasteiger partial charge is 0.410 e. The summed E-state index contributed by atoms with van der Waals surface area (Å²) in [7, 11) is -1.24. The van der Waals surface area contributed by atoms with Gasteiger partial charge < -0.3 is 10.5 Å². The fourth-order valence-corrected chi connectivity index (χ4v) is 4.08. The Morgan fingerprint density at radius 1 is 1.21 bits per heavy atom. The van der Waals surface area contributed by atoms with Crippen molar-refractivity contribution >= 4 is 20.1 Å². The number of nitrogens with two attached hydrogens (primary N) is 1.